The second-order valence-corrected chi connectivity index (χ2v) is 8.34. The molecule has 3 rings (SSSR count). The van der Waals surface area contributed by atoms with Crippen molar-refractivity contribution in [2.24, 2.45) is 0 Å². The summed E-state index contributed by atoms with van der Waals surface area (Å²) in [4.78, 5) is 39.6. The quantitative estimate of drug-likeness (QED) is 0.491. The summed E-state index contributed by atoms with van der Waals surface area (Å²) in [5, 5.41) is 2.37. The van der Waals surface area contributed by atoms with Gasteiger partial charge in [-0.3, -0.25) is 19.3 Å². The number of imide groups is 1. The SMILES string of the molecule is CSc1ccc(/C=C2/SC(=O)N(CCNC(=O)C(C)Oc3ccccc3)C2=O)cc1. The Labute approximate surface area is 184 Å². The first kappa shape index (κ1) is 22.0. The monoisotopic (exact) mass is 442 g/mol. The van der Waals surface area contributed by atoms with Gasteiger partial charge in [0.2, 0.25) is 0 Å². The lowest BCUT2D eigenvalue weighted by Gasteiger charge is -2.16. The minimum Gasteiger partial charge on any atom is -0.481 e. The van der Waals surface area contributed by atoms with Crippen molar-refractivity contribution in [2.75, 3.05) is 19.3 Å². The van der Waals surface area contributed by atoms with Crippen molar-refractivity contribution in [3.8, 4) is 5.75 Å². The molecule has 8 heteroatoms. The first-order valence-electron chi connectivity index (χ1n) is 9.37. The van der Waals surface area contributed by atoms with Crippen LogP contribution < -0.4 is 10.1 Å². The number of amides is 3. The van der Waals surface area contributed by atoms with Crippen LogP contribution in [0.5, 0.6) is 5.75 Å². The van der Waals surface area contributed by atoms with E-state index >= 15 is 0 Å². The van der Waals surface area contributed by atoms with Gasteiger partial charge in [0, 0.05) is 18.0 Å². The lowest BCUT2D eigenvalue weighted by atomic mass is 10.2. The normalized spacial score (nSPS) is 16.1. The number of para-hydroxylation sites is 1. The summed E-state index contributed by atoms with van der Waals surface area (Å²) in [5.41, 5.74) is 0.860. The Morgan fingerprint density at radius 2 is 1.87 bits per heavy atom. The minimum atomic E-state index is -0.688. The van der Waals surface area contributed by atoms with Crippen LogP contribution in [-0.2, 0) is 9.59 Å². The third-order valence-corrected chi connectivity index (χ3v) is 6.00. The average molecular weight is 443 g/mol. The van der Waals surface area contributed by atoms with Crippen LogP contribution in [0.15, 0.2) is 64.4 Å². The molecular formula is C22H22N2O4S2. The first-order valence-corrected chi connectivity index (χ1v) is 11.4. The molecule has 1 atom stereocenters. The Morgan fingerprint density at radius 1 is 1.17 bits per heavy atom. The van der Waals surface area contributed by atoms with Crippen LogP contribution in [0.3, 0.4) is 0 Å². The second kappa shape index (κ2) is 10.4. The van der Waals surface area contributed by atoms with Gasteiger partial charge < -0.3 is 10.1 Å². The molecule has 156 valence electrons. The van der Waals surface area contributed by atoms with Gasteiger partial charge in [-0.1, -0.05) is 30.3 Å². The van der Waals surface area contributed by atoms with E-state index in [1.165, 1.54) is 0 Å². The minimum absolute atomic E-state index is 0.108. The molecular weight excluding hydrogens is 420 g/mol. The molecule has 1 fully saturated rings. The molecule has 0 aromatic heterocycles. The topological polar surface area (TPSA) is 75.7 Å². The second-order valence-electron chi connectivity index (χ2n) is 6.47. The van der Waals surface area contributed by atoms with Gasteiger partial charge in [-0.25, -0.2) is 0 Å². The van der Waals surface area contributed by atoms with Crippen molar-refractivity contribution < 1.29 is 19.1 Å². The highest BCUT2D eigenvalue weighted by Gasteiger charge is 2.34. The number of nitrogens with zero attached hydrogens (tertiary/aromatic N) is 1. The number of hydrogen-bond acceptors (Lipinski definition) is 6. The summed E-state index contributed by atoms with van der Waals surface area (Å²) in [7, 11) is 0. The van der Waals surface area contributed by atoms with Gasteiger partial charge in [-0.15, -0.1) is 11.8 Å². The first-order chi connectivity index (χ1) is 14.5. The summed E-state index contributed by atoms with van der Waals surface area (Å²) in [6.45, 7) is 1.92. The zero-order valence-electron chi connectivity index (χ0n) is 16.7. The van der Waals surface area contributed by atoms with E-state index in [0.717, 1.165) is 27.1 Å². The van der Waals surface area contributed by atoms with Crippen molar-refractivity contribution >= 4 is 46.7 Å². The fourth-order valence-corrected chi connectivity index (χ4v) is 4.01. The van der Waals surface area contributed by atoms with E-state index in [4.69, 9.17) is 4.74 Å². The van der Waals surface area contributed by atoms with Crippen molar-refractivity contribution in [3.63, 3.8) is 0 Å². The number of carbonyl (C=O) groups excluding carboxylic acids is 3. The molecule has 3 amide bonds. The Kier molecular flexibility index (Phi) is 7.59. The van der Waals surface area contributed by atoms with Crippen LogP contribution in [0.2, 0.25) is 0 Å². The highest BCUT2D eigenvalue weighted by Crippen LogP contribution is 2.32. The molecule has 0 bridgehead atoms. The summed E-state index contributed by atoms with van der Waals surface area (Å²) < 4.78 is 5.57. The van der Waals surface area contributed by atoms with Gasteiger partial charge in [0.1, 0.15) is 5.75 Å². The summed E-state index contributed by atoms with van der Waals surface area (Å²) in [6, 6.07) is 16.8. The van der Waals surface area contributed by atoms with Gasteiger partial charge in [-0.2, -0.15) is 0 Å². The van der Waals surface area contributed by atoms with Crippen LogP contribution in [0.4, 0.5) is 4.79 Å². The van der Waals surface area contributed by atoms with Crippen molar-refractivity contribution in [3.05, 3.63) is 65.1 Å². The van der Waals surface area contributed by atoms with E-state index in [2.05, 4.69) is 5.32 Å². The third kappa shape index (κ3) is 5.67. The average Bonchev–Trinajstić information content (AvgIpc) is 3.02. The van der Waals surface area contributed by atoms with Crippen molar-refractivity contribution in [1.82, 2.24) is 10.2 Å². The van der Waals surface area contributed by atoms with Crippen LogP contribution in [0.25, 0.3) is 6.08 Å². The van der Waals surface area contributed by atoms with Crippen LogP contribution in [0, 0.1) is 0 Å². The lowest BCUT2D eigenvalue weighted by Crippen LogP contribution is -2.41. The fourth-order valence-electron chi connectivity index (χ4n) is 2.74. The van der Waals surface area contributed by atoms with Crippen LogP contribution >= 0.6 is 23.5 Å². The Bertz CT molecular complexity index is 945. The van der Waals surface area contributed by atoms with Gasteiger partial charge in [0.15, 0.2) is 6.10 Å². The number of ether oxygens (including phenoxy) is 1. The third-order valence-electron chi connectivity index (χ3n) is 4.35. The fraction of sp³-hybridized carbons (Fsp3) is 0.227. The van der Waals surface area contributed by atoms with E-state index in [1.807, 2.05) is 48.7 Å². The zero-order chi connectivity index (χ0) is 21.5. The number of nitrogens with one attached hydrogen (secondary N) is 1. The van der Waals surface area contributed by atoms with Crippen LogP contribution in [-0.4, -0.2) is 47.4 Å². The maximum atomic E-state index is 12.6. The van der Waals surface area contributed by atoms with Gasteiger partial charge in [0.25, 0.3) is 17.1 Å². The van der Waals surface area contributed by atoms with E-state index in [0.29, 0.717) is 10.7 Å². The summed E-state index contributed by atoms with van der Waals surface area (Å²) >= 11 is 2.55. The number of hydrogen-bond donors (Lipinski definition) is 1. The molecule has 0 saturated carbocycles. The number of thioether (sulfide) groups is 2. The molecule has 1 aliphatic heterocycles. The molecule has 6 nitrogen and oxygen atoms in total. The van der Waals surface area contributed by atoms with Gasteiger partial charge in [0.05, 0.1) is 4.91 Å². The summed E-state index contributed by atoms with van der Waals surface area (Å²) in [6.07, 6.45) is 3.02. The zero-order valence-corrected chi connectivity index (χ0v) is 18.3. The highest BCUT2D eigenvalue weighted by molar-refractivity contribution is 8.18. The maximum absolute atomic E-state index is 12.6. The Hall–Kier alpha value is -2.71. The lowest BCUT2D eigenvalue weighted by molar-refractivity contribution is -0.128. The number of rotatable bonds is 8. The molecule has 1 aliphatic rings. The molecule has 30 heavy (non-hydrogen) atoms. The van der Waals surface area contributed by atoms with E-state index < -0.39 is 6.10 Å². The predicted octanol–water partition coefficient (Wildman–Crippen LogP) is 4.03. The maximum Gasteiger partial charge on any atom is 0.293 e. The van der Waals surface area contributed by atoms with E-state index in [1.54, 1.807) is 36.9 Å². The smallest absolute Gasteiger partial charge is 0.293 e. The number of benzene rings is 2. The molecule has 0 radical (unpaired) electrons. The Morgan fingerprint density at radius 3 is 2.53 bits per heavy atom. The van der Waals surface area contributed by atoms with E-state index in [-0.39, 0.29) is 30.1 Å². The van der Waals surface area contributed by atoms with E-state index in [9.17, 15) is 14.4 Å². The largest absolute Gasteiger partial charge is 0.481 e. The van der Waals surface area contributed by atoms with Gasteiger partial charge >= 0.3 is 0 Å². The van der Waals surface area contributed by atoms with Crippen molar-refractivity contribution in [1.29, 1.82) is 0 Å². The summed E-state index contributed by atoms with van der Waals surface area (Å²) in [5.74, 6) is -0.0567. The molecule has 1 saturated heterocycles. The molecule has 1 heterocycles. The Balaban J connectivity index is 1.51. The molecule has 0 spiro atoms. The molecule has 1 N–H and O–H groups in total. The number of carbonyl (C=O) groups is 3. The highest BCUT2D eigenvalue weighted by atomic mass is 32.2. The molecule has 2 aromatic carbocycles. The van der Waals surface area contributed by atoms with Crippen LogP contribution in [0.1, 0.15) is 12.5 Å². The van der Waals surface area contributed by atoms with Gasteiger partial charge in [-0.05, 0) is 60.8 Å². The standard InChI is InChI=1S/C22H22N2O4S2/c1-15(28-17-6-4-3-5-7-17)20(25)23-12-13-24-21(26)19(30-22(24)27)14-16-8-10-18(29-2)11-9-16/h3-11,14-15H,12-13H2,1-2H3,(H,23,25)/b19-14+. The van der Waals surface area contributed by atoms with Crippen molar-refractivity contribution in [2.45, 2.75) is 17.9 Å². The predicted molar refractivity (Wildman–Crippen MR) is 120 cm³/mol. The molecule has 1 unspecified atom stereocenters. The molecule has 2 aromatic rings. The molecule has 0 aliphatic carbocycles.